The molecule has 0 spiro atoms. The van der Waals surface area contributed by atoms with Gasteiger partial charge >= 0.3 is 5.97 Å². The number of ether oxygens (including phenoxy) is 2. The van der Waals surface area contributed by atoms with Crippen molar-refractivity contribution in [2.75, 3.05) is 0 Å². The highest BCUT2D eigenvalue weighted by Gasteiger charge is 2.68. The van der Waals surface area contributed by atoms with Crippen molar-refractivity contribution < 1.29 is 14.3 Å². The summed E-state index contributed by atoms with van der Waals surface area (Å²) in [6, 6.07) is 9.75. The molecule has 3 unspecified atom stereocenters. The van der Waals surface area contributed by atoms with Gasteiger partial charge in [0, 0.05) is 18.3 Å². The van der Waals surface area contributed by atoms with Gasteiger partial charge in [0.05, 0.1) is 5.41 Å². The van der Waals surface area contributed by atoms with Gasteiger partial charge in [0.25, 0.3) is 5.17 Å². The highest BCUT2D eigenvalue weighted by Crippen LogP contribution is 2.65. The number of carbonyl (C=O) groups excluding carboxylic acids is 1. The number of thiocarbonyl (C=S) groups is 1. The first-order valence-corrected chi connectivity index (χ1v) is 8.50. The van der Waals surface area contributed by atoms with Crippen molar-refractivity contribution in [2.24, 2.45) is 11.3 Å². The summed E-state index contributed by atoms with van der Waals surface area (Å²) in [6.45, 7) is 0.327. The van der Waals surface area contributed by atoms with Gasteiger partial charge in [-0.1, -0.05) is 30.3 Å². The minimum absolute atomic E-state index is 0.0100. The number of imidazole rings is 1. The molecule has 0 radical (unpaired) electrons. The Kier molecular flexibility index (Phi) is 3.84. The van der Waals surface area contributed by atoms with E-state index in [1.807, 2.05) is 30.3 Å². The lowest BCUT2D eigenvalue weighted by atomic mass is 10.1. The summed E-state index contributed by atoms with van der Waals surface area (Å²) in [5.41, 5.74) is 0.649. The lowest BCUT2D eigenvalue weighted by molar-refractivity contribution is -0.152. The Bertz CT molecular complexity index is 747. The Balaban J connectivity index is 1.33. The van der Waals surface area contributed by atoms with Gasteiger partial charge in [0.15, 0.2) is 0 Å². The number of benzene rings is 1. The Morgan fingerprint density at radius 2 is 2.21 bits per heavy atom. The molecule has 1 heterocycles. The molecule has 6 heteroatoms. The fourth-order valence-corrected chi connectivity index (χ4v) is 3.84. The van der Waals surface area contributed by atoms with Gasteiger partial charge in [-0.05, 0) is 37.0 Å². The van der Waals surface area contributed by atoms with Gasteiger partial charge in [0.2, 0.25) is 0 Å². The number of aromatic nitrogens is 2. The third-order valence-electron chi connectivity index (χ3n) is 5.04. The third-order valence-corrected chi connectivity index (χ3v) is 5.35. The average Bonchev–Trinajstić information content (AvgIpc) is 2.97. The molecule has 2 aliphatic rings. The van der Waals surface area contributed by atoms with Crippen LogP contribution in [0.3, 0.4) is 0 Å². The van der Waals surface area contributed by atoms with Crippen LogP contribution in [0.2, 0.25) is 0 Å². The number of fused-ring (bicyclic) bond motifs is 1. The van der Waals surface area contributed by atoms with Crippen LogP contribution >= 0.6 is 12.2 Å². The second kappa shape index (κ2) is 6.02. The summed E-state index contributed by atoms with van der Waals surface area (Å²) >= 11 is 5.28. The zero-order chi connectivity index (χ0) is 16.6. The molecular weight excluding hydrogens is 324 g/mol. The van der Waals surface area contributed by atoms with Crippen LogP contribution in [0.25, 0.3) is 0 Å². The molecule has 4 rings (SSSR count). The van der Waals surface area contributed by atoms with E-state index < -0.39 is 0 Å². The first-order chi connectivity index (χ1) is 11.7. The molecule has 2 aromatic rings. The predicted octanol–water partition coefficient (Wildman–Crippen LogP) is 2.94. The summed E-state index contributed by atoms with van der Waals surface area (Å²) in [6.07, 6.45) is 7.49. The fraction of sp³-hybridized carbons (Fsp3) is 0.389. The zero-order valence-corrected chi connectivity index (χ0v) is 13.9. The van der Waals surface area contributed by atoms with Crippen molar-refractivity contribution in [3.05, 3.63) is 54.6 Å². The van der Waals surface area contributed by atoms with Crippen molar-refractivity contribution in [3.8, 4) is 0 Å². The number of rotatable bonds is 4. The minimum atomic E-state index is -0.357. The molecule has 3 atom stereocenters. The highest BCUT2D eigenvalue weighted by molar-refractivity contribution is 7.80. The Morgan fingerprint density at radius 3 is 2.92 bits per heavy atom. The number of hydrogen-bond donors (Lipinski definition) is 0. The molecule has 0 saturated heterocycles. The van der Waals surface area contributed by atoms with Crippen LogP contribution in [0.1, 0.15) is 24.8 Å². The second-order valence-corrected chi connectivity index (χ2v) is 6.81. The van der Waals surface area contributed by atoms with Crippen molar-refractivity contribution in [3.63, 3.8) is 0 Å². The second-order valence-electron chi connectivity index (χ2n) is 6.46. The van der Waals surface area contributed by atoms with Gasteiger partial charge in [-0.25, -0.2) is 4.98 Å². The van der Waals surface area contributed by atoms with Gasteiger partial charge in [-0.2, -0.15) is 0 Å². The van der Waals surface area contributed by atoms with Crippen molar-refractivity contribution >= 4 is 23.4 Å². The SMILES string of the molecule is O=C(OCc1ccccc1)C12CCC(OC(=S)n3ccnc3)C1C2. The van der Waals surface area contributed by atoms with Crippen LogP contribution in [-0.2, 0) is 20.9 Å². The Morgan fingerprint density at radius 1 is 1.38 bits per heavy atom. The van der Waals surface area contributed by atoms with E-state index >= 15 is 0 Å². The molecule has 0 bridgehead atoms. The normalized spacial score (nSPS) is 27.3. The van der Waals surface area contributed by atoms with E-state index in [1.54, 1.807) is 23.3 Å². The smallest absolute Gasteiger partial charge is 0.312 e. The summed E-state index contributed by atoms with van der Waals surface area (Å²) in [4.78, 5) is 16.5. The van der Waals surface area contributed by atoms with Crippen LogP contribution in [0.4, 0.5) is 0 Å². The summed E-state index contributed by atoms with van der Waals surface area (Å²) < 4.78 is 13.1. The molecular formula is C18H18N2O3S. The maximum atomic E-state index is 12.5. The standard InChI is InChI=1S/C18H18N2O3S/c21-16(22-11-13-4-2-1-3-5-13)18-7-6-15(14(18)10-18)23-17(24)20-9-8-19-12-20/h1-5,8-9,12,14-15H,6-7,10-11H2. The number of carbonyl (C=O) groups is 1. The fourth-order valence-electron chi connectivity index (χ4n) is 3.61. The molecule has 124 valence electrons. The summed E-state index contributed by atoms with van der Waals surface area (Å²) in [5, 5.41) is 0.387. The lowest BCUT2D eigenvalue weighted by Gasteiger charge is -2.15. The van der Waals surface area contributed by atoms with Crippen LogP contribution < -0.4 is 0 Å². The Hall–Kier alpha value is -2.21. The summed E-state index contributed by atoms with van der Waals surface area (Å²) in [7, 11) is 0. The molecule has 5 nitrogen and oxygen atoms in total. The van der Waals surface area contributed by atoms with Gasteiger partial charge < -0.3 is 9.47 Å². The largest absolute Gasteiger partial charge is 0.467 e. The van der Waals surface area contributed by atoms with E-state index in [4.69, 9.17) is 21.7 Å². The first kappa shape index (κ1) is 15.3. The zero-order valence-electron chi connectivity index (χ0n) is 13.1. The topological polar surface area (TPSA) is 53.4 Å². The lowest BCUT2D eigenvalue weighted by Crippen LogP contribution is -2.22. The van der Waals surface area contributed by atoms with Crippen molar-refractivity contribution in [1.29, 1.82) is 0 Å². The van der Waals surface area contributed by atoms with Crippen LogP contribution in [0.15, 0.2) is 49.1 Å². The van der Waals surface area contributed by atoms with E-state index in [-0.39, 0.29) is 23.4 Å². The summed E-state index contributed by atoms with van der Waals surface area (Å²) in [5.74, 6) is 0.109. The van der Waals surface area contributed by atoms with Crippen LogP contribution in [-0.4, -0.2) is 26.8 Å². The monoisotopic (exact) mass is 342 g/mol. The molecule has 0 amide bonds. The molecule has 1 aromatic heterocycles. The molecule has 2 saturated carbocycles. The van der Waals surface area contributed by atoms with E-state index in [2.05, 4.69) is 4.98 Å². The van der Waals surface area contributed by atoms with Gasteiger partial charge in [-0.3, -0.25) is 9.36 Å². The van der Waals surface area contributed by atoms with E-state index in [1.165, 1.54) is 0 Å². The average molecular weight is 342 g/mol. The molecule has 0 aliphatic heterocycles. The minimum Gasteiger partial charge on any atom is -0.467 e. The van der Waals surface area contributed by atoms with Crippen molar-refractivity contribution in [2.45, 2.75) is 32.0 Å². The quantitative estimate of drug-likeness (QED) is 0.632. The molecule has 24 heavy (non-hydrogen) atoms. The van der Waals surface area contributed by atoms with E-state index in [0.717, 1.165) is 24.8 Å². The van der Waals surface area contributed by atoms with Crippen LogP contribution in [0, 0.1) is 11.3 Å². The number of nitrogens with zero attached hydrogens (tertiary/aromatic N) is 2. The maximum absolute atomic E-state index is 12.5. The third kappa shape index (κ3) is 2.71. The molecule has 2 fully saturated rings. The van der Waals surface area contributed by atoms with Gasteiger partial charge in [-0.15, -0.1) is 0 Å². The number of hydrogen-bond acceptors (Lipinski definition) is 5. The maximum Gasteiger partial charge on any atom is 0.312 e. The van der Waals surface area contributed by atoms with Gasteiger partial charge in [0.1, 0.15) is 19.0 Å². The molecule has 1 aromatic carbocycles. The first-order valence-electron chi connectivity index (χ1n) is 8.09. The molecule has 0 N–H and O–H groups in total. The van der Waals surface area contributed by atoms with E-state index in [0.29, 0.717) is 11.8 Å². The predicted molar refractivity (Wildman–Crippen MR) is 91.1 cm³/mol. The number of esters is 1. The molecule has 2 aliphatic carbocycles. The van der Waals surface area contributed by atoms with Crippen molar-refractivity contribution in [1.82, 2.24) is 9.55 Å². The van der Waals surface area contributed by atoms with E-state index in [9.17, 15) is 4.79 Å². The Labute approximate surface area is 145 Å². The highest BCUT2D eigenvalue weighted by atomic mass is 32.1. The van der Waals surface area contributed by atoms with Crippen LogP contribution in [0.5, 0.6) is 0 Å².